The average molecular weight is 317 g/mol. The molecule has 22 heavy (non-hydrogen) atoms. The van der Waals surface area contributed by atoms with Crippen molar-refractivity contribution in [3.05, 3.63) is 29.8 Å². The number of alkyl halides is 3. The summed E-state index contributed by atoms with van der Waals surface area (Å²) in [5.74, 6) is -1.90. The molecule has 0 saturated carbocycles. The minimum Gasteiger partial charge on any atom is -0.480 e. The third-order valence-corrected chi connectivity index (χ3v) is 3.35. The number of carbonyl (C=O) groups is 2. The van der Waals surface area contributed by atoms with Crippen LogP contribution >= 0.6 is 0 Å². The van der Waals surface area contributed by atoms with Crippen molar-refractivity contribution < 1.29 is 32.6 Å². The number of benzene rings is 1. The van der Waals surface area contributed by atoms with Crippen LogP contribution in [0.3, 0.4) is 0 Å². The quantitative estimate of drug-likeness (QED) is 0.924. The molecule has 1 fully saturated rings. The Morgan fingerprint density at radius 2 is 2.09 bits per heavy atom. The maximum atomic E-state index is 12.2. The number of nitrogens with zero attached hydrogens (tertiary/aromatic N) is 1. The Labute approximate surface area is 124 Å². The molecule has 1 heterocycles. The van der Waals surface area contributed by atoms with E-state index in [2.05, 4.69) is 4.74 Å². The van der Waals surface area contributed by atoms with Gasteiger partial charge in [0.2, 0.25) is 5.91 Å². The Hall–Kier alpha value is -2.25. The summed E-state index contributed by atoms with van der Waals surface area (Å²) in [5.41, 5.74) is 0.336. The highest BCUT2D eigenvalue weighted by molar-refractivity contribution is 5.85. The van der Waals surface area contributed by atoms with Crippen molar-refractivity contribution in [2.45, 2.75) is 31.7 Å². The van der Waals surface area contributed by atoms with Crippen LogP contribution in [0.4, 0.5) is 13.2 Å². The first kappa shape index (κ1) is 16.1. The molecular formula is C14H14F3NO4. The fourth-order valence-corrected chi connectivity index (χ4v) is 2.45. The minimum atomic E-state index is -4.80. The number of likely N-dealkylation sites (tertiary alicyclic amines) is 1. The molecule has 1 N–H and O–H groups in total. The van der Waals surface area contributed by atoms with Crippen LogP contribution in [0.5, 0.6) is 5.75 Å². The van der Waals surface area contributed by atoms with E-state index in [1.54, 1.807) is 0 Å². The van der Waals surface area contributed by atoms with E-state index in [0.29, 0.717) is 24.9 Å². The Kier molecular flexibility index (Phi) is 4.58. The number of carboxylic acid groups (broad SMARTS) is 1. The smallest absolute Gasteiger partial charge is 0.480 e. The summed E-state index contributed by atoms with van der Waals surface area (Å²) in [6, 6.07) is 4.24. The summed E-state index contributed by atoms with van der Waals surface area (Å²) in [7, 11) is 0. The monoisotopic (exact) mass is 317 g/mol. The lowest BCUT2D eigenvalue weighted by Gasteiger charge is -2.21. The molecule has 8 heteroatoms. The lowest BCUT2D eigenvalue weighted by molar-refractivity contribution is -0.274. The third kappa shape index (κ3) is 4.12. The van der Waals surface area contributed by atoms with Gasteiger partial charge < -0.3 is 14.7 Å². The SMILES string of the molecule is O=C(O)C1CCCN1C(=O)Cc1cccc(OC(F)(F)F)c1. The second kappa shape index (κ2) is 6.25. The molecule has 1 aliphatic heterocycles. The molecule has 1 aromatic carbocycles. The number of ether oxygens (including phenoxy) is 1. The largest absolute Gasteiger partial charge is 0.573 e. The van der Waals surface area contributed by atoms with Crippen molar-refractivity contribution in [1.82, 2.24) is 4.90 Å². The van der Waals surface area contributed by atoms with E-state index in [4.69, 9.17) is 5.11 Å². The number of rotatable bonds is 4. The van der Waals surface area contributed by atoms with E-state index in [0.717, 1.165) is 12.1 Å². The summed E-state index contributed by atoms with van der Waals surface area (Å²) in [5, 5.41) is 9.03. The van der Waals surface area contributed by atoms with E-state index in [1.807, 2.05) is 0 Å². The number of amides is 1. The van der Waals surface area contributed by atoms with Gasteiger partial charge in [0, 0.05) is 6.54 Å². The molecule has 2 rings (SSSR count). The molecule has 1 atom stereocenters. The first-order chi connectivity index (χ1) is 10.3. The minimum absolute atomic E-state index is 0.168. The van der Waals surface area contributed by atoms with Gasteiger partial charge in [-0.25, -0.2) is 4.79 Å². The highest BCUT2D eigenvalue weighted by atomic mass is 19.4. The van der Waals surface area contributed by atoms with Crippen LogP contribution in [0.1, 0.15) is 18.4 Å². The molecule has 5 nitrogen and oxygen atoms in total. The lowest BCUT2D eigenvalue weighted by atomic mass is 10.1. The molecule has 0 aromatic heterocycles. The summed E-state index contributed by atoms with van der Waals surface area (Å²) in [6.07, 6.45) is -3.98. The summed E-state index contributed by atoms with van der Waals surface area (Å²) >= 11 is 0. The van der Waals surface area contributed by atoms with Gasteiger partial charge in [0.15, 0.2) is 0 Å². The van der Waals surface area contributed by atoms with E-state index < -0.39 is 30.0 Å². The first-order valence-corrected chi connectivity index (χ1v) is 6.63. The van der Waals surface area contributed by atoms with Gasteiger partial charge in [0.25, 0.3) is 0 Å². The number of carbonyl (C=O) groups excluding carboxylic acids is 1. The topological polar surface area (TPSA) is 66.8 Å². The fourth-order valence-electron chi connectivity index (χ4n) is 2.45. The van der Waals surface area contributed by atoms with Crippen LogP contribution in [0.15, 0.2) is 24.3 Å². The number of halogens is 3. The van der Waals surface area contributed by atoms with Crippen LogP contribution in [0.25, 0.3) is 0 Å². The standard InChI is InChI=1S/C14H14F3NO4/c15-14(16,17)22-10-4-1-3-9(7-10)8-12(19)18-6-2-5-11(18)13(20)21/h1,3-4,7,11H,2,5-6,8H2,(H,20,21). The van der Waals surface area contributed by atoms with E-state index >= 15 is 0 Å². The summed E-state index contributed by atoms with van der Waals surface area (Å²) in [6.45, 7) is 0.342. The highest BCUT2D eigenvalue weighted by Crippen LogP contribution is 2.24. The number of hydrogen-bond donors (Lipinski definition) is 1. The van der Waals surface area contributed by atoms with E-state index in [9.17, 15) is 22.8 Å². The summed E-state index contributed by atoms with van der Waals surface area (Å²) in [4.78, 5) is 24.4. The number of hydrogen-bond acceptors (Lipinski definition) is 3. The maximum Gasteiger partial charge on any atom is 0.573 e. The van der Waals surface area contributed by atoms with Crippen molar-refractivity contribution in [2.75, 3.05) is 6.54 Å². The number of aliphatic carboxylic acids is 1. The molecule has 0 bridgehead atoms. The van der Waals surface area contributed by atoms with Crippen molar-refractivity contribution >= 4 is 11.9 Å². The first-order valence-electron chi connectivity index (χ1n) is 6.63. The second-order valence-electron chi connectivity index (χ2n) is 4.96. The Balaban J connectivity index is 2.05. The molecule has 1 aliphatic rings. The Morgan fingerprint density at radius 1 is 1.36 bits per heavy atom. The molecule has 1 saturated heterocycles. The Bertz CT molecular complexity index is 573. The van der Waals surface area contributed by atoms with Crippen molar-refractivity contribution in [1.29, 1.82) is 0 Å². The predicted octanol–water partition coefficient (Wildman–Crippen LogP) is 2.20. The van der Waals surface area contributed by atoms with Crippen LogP contribution < -0.4 is 4.74 Å². The molecule has 120 valence electrons. The van der Waals surface area contributed by atoms with E-state index in [-0.39, 0.29) is 6.42 Å². The molecule has 0 radical (unpaired) electrons. The normalized spacial score (nSPS) is 18.3. The van der Waals surface area contributed by atoms with Crippen molar-refractivity contribution in [3.63, 3.8) is 0 Å². The fraction of sp³-hybridized carbons (Fsp3) is 0.429. The van der Waals surface area contributed by atoms with Gasteiger partial charge in [0.05, 0.1) is 6.42 Å². The van der Waals surface area contributed by atoms with Crippen molar-refractivity contribution in [3.8, 4) is 5.75 Å². The summed E-state index contributed by atoms with van der Waals surface area (Å²) < 4.78 is 40.3. The molecular weight excluding hydrogens is 303 g/mol. The van der Waals surface area contributed by atoms with Gasteiger partial charge in [-0.05, 0) is 30.5 Å². The zero-order valence-corrected chi connectivity index (χ0v) is 11.5. The molecule has 0 aliphatic carbocycles. The van der Waals surface area contributed by atoms with Gasteiger partial charge >= 0.3 is 12.3 Å². The van der Waals surface area contributed by atoms with Gasteiger partial charge in [-0.15, -0.1) is 13.2 Å². The lowest BCUT2D eigenvalue weighted by Crippen LogP contribution is -2.41. The third-order valence-electron chi connectivity index (χ3n) is 3.35. The number of carboxylic acids is 1. The van der Waals surface area contributed by atoms with Gasteiger partial charge in [-0.1, -0.05) is 12.1 Å². The molecule has 1 unspecified atom stereocenters. The maximum absolute atomic E-state index is 12.2. The zero-order chi connectivity index (χ0) is 16.3. The Morgan fingerprint density at radius 3 is 2.73 bits per heavy atom. The van der Waals surface area contributed by atoms with Crippen molar-refractivity contribution in [2.24, 2.45) is 0 Å². The molecule has 0 spiro atoms. The van der Waals surface area contributed by atoms with Gasteiger partial charge in [-0.3, -0.25) is 4.79 Å². The predicted molar refractivity (Wildman–Crippen MR) is 69.2 cm³/mol. The average Bonchev–Trinajstić information content (AvgIpc) is 2.86. The molecule has 1 amide bonds. The second-order valence-corrected chi connectivity index (χ2v) is 4.96. The zero-order valence-electron chi connectivity index (χ0n) is 11.5. The van der Waals surface area contributed by atoms with Gasteiger partial charge in [0.1, 0.15) is 11.8 Å². The highest BCUT2D eigenvalue weighted by Gasteiger charge is 2.34. The van der Waals surface area contributed by atoms with Crippen LogP contribution in [0, 0.1) is 0 Å². The molecule has 1 aromatic rings. The van der Waals surface area contributed by atoms with Crippen LogP contribution in [-0.2, 0) is 16.0 Å². The van der Waals surface area contributed by atoms with Crippen LogP contribution in [-0.4, -0.2) is 40.8 Å². The van der Waals surface area contributed by atoms with Gasteiger partial charge in [-0.2, -0.15) is 0 Å². The van der Waals surface area contributed by atoms with E-state index in [1.165, 1.54) is 17.0 Å². The van der Waals surface area contributed by atoms with Crippen LogP contribution in [0.2, 0.25) is 0 Å².